The molecule has 0 saturated heterocycles. The summed E-state index contributed by atoms with van der Waals surface area (Å²) in [5.41, 5.74) is 0.428. The molecule has 24 heavy (non-hydrogen) atoms. The van der Waals surface area contributed by atoms with Gasteiger partial charge in [0.2, 0.25) is 0 Å². The van der Waals surface area contributed by atoms with Crippen molar-refractivity contribution in [2.75, 3.05) is 20.2 Å². The summed E-state index contributed by atoms with van der Waals surface area (Å²) in [6.07, 6.45) is 5.56. The lowest BCUT2D eigenvalue weighted by atomic mass is 9.68. The van der Waals surface area contributed by atoms with E-state index in [9.17, 15) is 9.59 Å². The highest BCUT2D eigenvalue weighted by molar-refractivity contribution is 6.31. The molecule has 0 bridgehead atoms. The Hall–Kier alpha value is -1.39. The van der Waals surface area contributed by atoms with Crippen LogP contribution in [0.2, 0.25) is 5.02 Å². The second kappa shape index (κ2) is 9.19. The summed E-state index contributed by atoms with van der Waals surface area (Å²) in [6, 6.07) is 7.68. The predicted molar refractivity (Wildman–Crippen MR) is 95.3 cm³/mol. The third-order valence-electron chi connectivity index (χ3n) is 4.82. The zero-order valence-electron chi connectivity index (χ0n) is 14.3. The Kier molecular flexibility index (Phi) is 7.25. The molecule has 1 atom stereocenters. The molecule has 1 fully saturated rings. The van der Waals surface area contributed by atoms with E-state index < -0.39 is 5.41 Å². The maximum atomic E-state index is 12.8. The number of Topliss-reactive ketones (excluding diaryl/α,β-unsaturated/α-hetero) is 1. The first-order chi connectivity index (χ1) is 11.6. The van der Waals surface area contributed by atoms with E-state index in [4.69, 9.17) is 11.6 Å². The number of hydrogen-bond donors (Lipinski definition) is 1. The molecule has 0 aliphatic heterocycles. The maximum Gasteiger partial charge on any atom is 0.305 e. The van der Waals surface area contributed by atoms with Crippen LogP contribution >= 0.6 is 11.6 Å². The Morgan fingerprint density at radius 2 is 2.08 bits per heavy atom. The van der Waals surface area contributed by atoms with Gasteiger partial charge in [-0.2, -0.15) is 0 Å². The molecule has 0 amide bonds. The Morgan fingerprint density at radius 1 is 1.29 bits per heavy atom. The van der Waals surface area contributed by atoms with E-state index in [-0.39, 0.29) is 11.8 Å². The van der Waals surface area contributed by atoms with Gasteiger partial charge in [0.15, 0.2) is 0 Å². The number of esters is 1. The molecule has 0 spiro atoms. The largest absolute Gasteiger partial charge is 0.469 e. The number of hydrogen-bond acceptors (Lipinski definition) is 4. The molecule has 1 saturated carbocycles. The van der Waals surface area contributed by atoms with Crippen LogP contribution in [-0.4, -0.2) is 32.0 Å². The SMILES string of the molecule is COC(=O)CCCCNCC1(c2ccccc2Cl)CCCCC1=O. The van der Waals surface area contributed by atoms with Gasteiger partial charge in [-0.25, -0.2) is 0 Å². The van der Waals surface area contributed by atoms with E-state index in [1.54, 1.807) is 0 Å². The maximum absolute atomic E-state index is 12.8. The first-order valence-electron chi connectivity index (χ1n) is 8.66. The number of carbonyl (C=O) groups excluding carboxylic acids is 2. The molecule has 5 heteroatoms. The summed E-state index contributed by atoms with van der Waals surface area (Å²) in [4.78, 5) is 23.9. The van der Waals surface area contributed by atoms with Crippen LogP contribution in [0.3, 0.4) is 0 Å². The first kappa shape index (κ1) is 18.9. The number of rotatable bonds is 8. The van der Waals surface area contributed by atoms with Crippen LogP contribution in [0.5, 0.6) is 0 Å². The normalized spacial score (nSPS) is 20.8. The van der Waals surface area contributed by atoms with Crippen LogP contribution in [0.25, 0.3) is 0 Å². The molecule has 1 N–H and O–H groups in total. The zero-order chi connectivity index (χ0) is 17.4. The highest BCUT2D eigenvalue weighted by atomic mass is 35.5. The molecule has 4 nitrogen and oxygen atoms in total. The topological polar surface area (TPSA) is 55.4 Å². The molecule has 0 heterocycles. The van der Waals surface area contributed by atoms with Gasteiger partial charge in [-0.15, -0.1) is 0 Å². The minimum atomic E-state index is -0.515. The predicted octanol–water partition coefficient (Wildman–Crippen LogP) is 3.65. The number of ether oxygens (including phenoxy) is 1. The highest BCUT2D eigenvalue weighted by Crippen LogP contribution is 2.39. The van der Waals surface area contributed by atoms with Crippen molar-refractivity contribution < 1.29 is 14.3 Å². The van der Waals surface area contributed by atoms with Gasteiger partial charge in [0, 0.05) is 24.4 Å². The van der Waals surface area contributed by atoms with Crippen molar-refractivity contribution in [3.8, 4) is 0 Å². The quantitative estimate of drug-likeness (QED) is 0.573. The molecule has 2 rings (SSSR count). The third kappa shape index (κ3) is 4.58. The Labute approximate surface area is 148 Å². The van der Waals surface area contributed by atoms with Gasteiger partial charge in [0.1, 0.15) is 5.78 Å². The summed E-state index contributed by atoms with van der Waals surface area (Å²) < 4.78 is 4.63. The average Bonchev–Trinajstić information content (AvgIpc) is 2.60. The summed E-state index contributed by atoms with van der Waals surface area (Å²) in [5, 5.41) is 4.08. The van der Waals surface area contributed by atoms with Crippen LogP contribution in [0, 0.1) is 0 Å². The summed E-state index contributed by atoms with van der Waals surface area (Å²) in [6.45, 7) is 1.38. The Bertz CT molecular complexity index is 575. The first-order valence-corrected chi connectivity index (χ1v) is 9.04. The van der Waals surface area contributed by atoms with Crippen molar-refractivity contribution in [1.82, 2.24) is 5.32 Å². The smallest absolute Gasteiger partial charge is 0.305 e. The summed E-state index contributed by atoms with van der Waals surface area (Å²) in [7, 11) is 1.41. The Balaban J connectivity index is 1.97. The highest BCUT2D eigenvalue weighted by Gasteiger charge is 2.42. The lowest BCUT2D eigenvalue weighted by Gasteiger charge is -2.37. The Morgan fingerprint density at radius 3 is 2.79 bits per heavy atom. The van der Waals surface area contributed by atoms with Gasteiger partial charge >= 0.3 is 5.97 Å². The fourth-order valence-corrected chi connectivity index (χ4v) is 3.75. The van der Waals surface area contributed by atoms with E-state index in [0.717, 1.165) is 44.2 Å². The average molecular weight is 352 g/mol. The summed E-state index contributed by atoms with van der Waals surface area (Å²) >= 11 is 6.39. The number of benzene rings is 1. The van der Waals surface area contributed by atoms with Gasteiger partial charge in [-0.3, -0.25) is 9.59 Å². The molecule has 132 valence electrons. The number of halogens is 1. The minimum Gasteiger partial charge on any atom is -0.469 e. The number of methoxy groups -OCH3 is 1. The molecule has 0 aromatic heterocycles. The van der Waals surface area contributed by atoms with Crippen LogP contribution in [0.4, 0.5) is 0 Å². The molecule has 0 radical (unpaired) electrons. The number of ketones is 1. The van der Waals surface area contributed by atoms with Crippen molar-refractivity contribution in [2.45, 2.75) is 50.4 Å². The molecule has 1 aliphatic rings. The van der Waals surface area contributed by atoms with E-state index >= 15 is 0 Å². The van der Waals surface area contributed by atoms with Crippen LogP contribution in [0.15, 0.2) is 24.3 Å². The molecule has 1 aliphatic carbocycles. The van der Waals surface area contributed by atoms with Crippen molar-refractivity contribution >= 4 is 23.4 Å². The number of carbonyl (C=O) groups is 2. The lowest BCUT2D eigenvalue weighted by molar-refractivity contribution is -0.140. The van der Waals surface area contributed by atoms with Gasteiger partial charge in [0.25, 0.3) is 0 Å². The zero-order valence-corrected chi connectivity index (χ0v) is 15.0. The summed E-state index contributed by atoms with van der Waals surface area (Å²) in [5.74, 6) is 0.105. The molecule has 1 unspecified atom stereocenters. The van der Waals surface area contributed by atoms with E-state index in [0.29, 0.717) is 24.4 Å². The third-order valence-corrected chi connectivity index (χ3v) is 5.15. The molecule has 1 aromatic rings. The second-order valence-corrected chi connectivity index (χ2v) is 6.81. The molecule has 1 aromatic carbocycles. The standard InChI is InChI=1S/C19H26ClNO3/c1-24-18(23)11-5-7-13-21-14-19(12-6-4-10-17(19)22)15-8-2-3-9-16(15)20/h2-3,8-9,21H,4-7,10-14H2,1H3. The van der Waals surface area contributed by atoms with Gasteiger partial charge in [-0.05, 0) is 43.9 Å². The van der Waals surface area contributed by atoms with E-state index in [1.165, 1.54) is 7.11 Å². The van der Waals surface area contributed by atoms with Crippen LogP contribution < -0.4 is 5.32 Å². The van der Waals surface area contributed by atoms with E-state index in [1.807, 2.05) is 24.3 Å². The molecular weight excluding hydrogens is 326 g/mol. The van der Waals surface area contributed by atoms with Crippen molar-refractivity contribution in [3.05, 3.63) is 34.9 Å². The van der Waals surface area contributed by atoms with Crippen LogP contribution in [-0.2, 0) is 19.7 Å². The van der Waals surface area contributed by atoms with Crippen molar-refractivity contribution in [1.29, 1.82) is 0 Å². The van der Waals surface area contributed by atoms with Gasteiger partial charge in [-0.1, -0.05) is 36.2 Å². The van der Waals surface area contributed by atoms with Gasteiger partial charge in [0.05, 0.1) is 12.5 Å². The van der Waals surface area contributed by atoms with Crippen molar-refractivity contribution in [2.24, 2.45) is 0 Å². The van der Waals surface area contributed by atoms with Crippen LogP contribution in [0.1, 0.15) is 50.5 Å². The number of unbranched alkanes of at least 4 members (excludes halogenated alkanes) is 1. The monoisotopic (exact) mass is 351 g/mol. The number of nitrogens with one attached hydrogen (secondary N) is 1. The second-order valence-electron chi connectivity index (χ2n) is 6.40. The molecular formula is C19H26ClNO3. The van der Waals surface area contributed by atoms with Crippen molar-refractivity contribution in [3.63, 3.8) is 0 Å². The van der Waals surface area contributed by atoms with E-state index in [2.05, 4.69) is 10.1 Å². The fraction of sp³-hybridized carbons (Fsp3) is 0.579. The lowest BCUT2D eigenvalue weighted by Crippen LogP contribution is -2.47. The fourth-order valence-electron chi connectivity index (χ4n) is 3.43. The van der Waals surface area contributed by atoms with Gasteiger partial charge < -0.3 is 10.1 Å². The minimum absolute atomic E-state index is 0.176.